The number of hydrogen-bond acceptors (Lipinski definition) is 3. The van der Waals surface area contributed by atoms with Gasteiger partial charge in [0.05, 0.1) is 0 Å². The molecule has 112 valence electrons. The maximum atomic E-state index is 12.3. The molecule has 2 amide bonds. The lowest BCUT2D eigenvalue weighted by atomic mass is 9.99. The summed E-state index contributed by atoms with van der Waals surface area (Å²) in [6.07, 6.45) is 2.82. The molecule has 0 bridgehead atoms. The molecule has 5 nitrogen and oxygen atoms in total. The number of nitrogens with one attached hydrogen (secondary N) is 1. The fraction of sp³-hybridized carbons (Fsp3) is 0.235. The number of aryl methyl sites for hydroxylation is 2. The SMILES string of the molecule is Cc1cc(NC(=O)c2ccc3c(c2)CCC(=O)N3C)ccn1. The summed E-state index contributed by atoms with van der Waals surface area (Å²) in [4.78, 5) is 29.8. The number of benzene rings is 1. The number of carbonyl (C=O) groups is 2. The average Bonchev–Trinajstić information content (AvgIpc) is 2.50. The highest BCUT2D eigenvalue weighted by molar-refractivity contribution is 6.05. The summed E-state index contributed by atoms with van der Waals surface area (Å²) in [7, 11) is 1.76. The van der Waals surface area contributed by atoms with Crippen molar-refractivity contribution in [2.45, 2.75) is 19.8 Å². The zero-order valence-electron chi connectivity index (χ0n) is 12.6. The predicted octanol–water partition coefficient (Wildman–Crippen LogP) is 2.55. The molecule has 0 radical (unpaired) electrons. The van der Waals surface area contributed by atoms with E-state index in [0.29, 0.717) is 18.4 Å². The van der Waals surface area contributed by atoms with E-state index in [0.717, 1.165) is 22.6 Å². The molecule has 1 aromatic carbocycles. The van der Waals surface area contributed by atoms with Crippen molar-refractivity contribution in [3.05, 3.63) is 53.3 Å². The topological polar surface area (TPSA) is 62.3 Å². The van der Waals surface area contributed by atoms with Gasteiger partial charge in [0.1, 0.15) is 0 Å². The van der Waals surface area contributed by atoms with Crippen molar-refractivity contribution in [3.63, 3.8) is 0 Å². The lowest BCUT2D eigenvalue weighted by Crippen LogP contribution is -2.31. The van der Waals surface area contributed by atoms with Gasteiger partial charge in [0.25, 0.3) is 5.91 Å². The molecule has 0 atom stereocenters. The molecule has 5 heteroatoms. The maximum Gasteiger partial charge on any atom is 0.255 e. The summed E-state index contributed by atoms with van der Waals surface area (Å²) in [6.45, 7) is 1.88. The lowest BCUT2D eigenvalue weighted by molar-refractivity contribution is -0.118. The fourth-order valence-electron chi connectivity index (χ4n) is 2.62. The Morgan fingerprint density at radius 1 is 1.23 bits per heavy atom. The Morgan fingerprint density at radius 2 is 2.05 bits per heavy atom. The number of carbonyl (C=O) groups excluding carboxylic acids is 2. The quantitative estimate of drug-likeness (QED) is 0.926. The number of amides is 2. The zero-order chi connectivity index (χ0) is 15.7. The summed E-state index contributed by atoms with van der Waals surface area (Å²) in [5, 5.41) is 2.87. The summed E-state index contributed by atoms with van der Waals surface area (Å²) in [6, 6.07) is 9.02. The Bertz CT molecular complexity index is 755. The second kappa shape index (κ2) is 5.60. The lowest BCUT2D eigenvalue weighted by Gasteiger charge is -2.26. The van der Waals surface area contributed by atoms with E-state index in [1.54, 1.807) is 30.3 Å². The first-order chi connectivity index (χ1) is 10.5. The van der Waals surface area contributed by atoms with Crippen LogP contribution in [0.3, 0.4) is 0 Å². The predicted molar refractivity (Wildman–Crippen MR) is 85.1 cm³/mol. The highest BCUT2D eigenvalue weighted by Gasteiger charge is 2.21. The number of hydrogen-bond donors (Lipinski definition) is 1. The van der Waals surface area contributed by atoms with Gasteiger partial charge < -0.3 is 10.2 Å². The molecule has 1 aliphatic heterocycles. The van der Waals surface area contributed by atoms with Gasteiger partial charge in [-0.3, -0.25) is 14.6 Å². The summed E-state index contributed by atoms with van der Waals surface area (Å²) >= 11 is 0. The highest BCUT2D eigenvalue weighted by Crippen LogP contribution is 2.27. The van der Waals surface area contributed by atoms with E-state index in [1.165, 1.54) is 0 Å². The van der Waals surface area contributed by atoms with E-state index >= 15 is 0 Å². The molecule has 1 N–H and O–H groups in total. The van der Waals surface area contributed by atoms with Crippen molar-refractivity contribution in [3.8, 4) is 0 Å². The third kappa shape index (κ3) is 2.70. The van der Waals surface area contributed by atoms with Crippen LogP contribution in [-0.4, -0.2) is 23.8 Å². The van der Waals surface area contributed by atoms with Crippen LogP contribution in [-0.2, 0) is 11.2 Å². The van der Waals surface area contributed by atoms with Gasteiger partial charge in [-0.15, -0.1) is 0 Å². The van der Waals surface area contributed by atoms with Crippen LogP contribution in [0.2, 0.25) is 0 Å². The van der Waals surface area contributed by atoms with Crippen LogP contribution in [0, 0.1) is 6.92 Å². The van der Waals surface area contributed by atoms with E-state index in [9.17, 15) is 9.59 Å². The van der Waals surface area contributed by atoms with Gasteiger partial charge in [-0.05, 0) is 49.2 Å². The maximum absolute atomic E-state index is 12.3. The van der Waals surface area contributed by atoms with Gasteiger partial charge >= 0.3 is 0 Å². The second-order valence-electron chi connectivity index (χ2n) is 5.44. The first-order valence-corrected chi connectivity index (χ1v) is 7.18. The van der Waals surface area contributed by atoms with E-state index in [4.69, 9.17) is 0 Å². The van der Waals surface area contributed by atoms with E-state index < -0.39 is 0 Å². The van der Waals surface area contributed by atoms with Gasteiger partial charge in [-0.2, -0.15) is 0 Å². The molecular weight excluding hydrogens is 278 g/mol. The molecule has 0 saturated heterocycles. The van der Waals surface area contributed by atoms with Crippen LogP contribution in [0.1, 0.15) is 28.0 Å². The van der Waals surface area contributed by atoms with Crippen molar-refractivity contribution < 1.29 is 9.59 Å². The largest absolute Gasteiger partial charge is 0.322 e. The second-order valence-corrected chi connectivity index (χ2v) is 5.44. The number of rotatable bonds is 2. The number of fused-ring (bicyclic) bond motifs is 1. The monoisotopic (exact) mass is 295 g/mol. The number of anilines is 2. The zero-order valence-corrected chi connectivity index (χ0v) is 12.6. The van der Waals surface area contributed by atoms with Crippen molar-refractivity contribution in [2.75, 3.05) is 17.3 Å². The Balaban J connectivity index is 1.83. The molecule has 0 spiro atoms. The highest BCUT2D eigenvalue weighted by atomic mass is 16.2. The number of aromatic nitrogens is 1. The standard InChI is InChI=1S/C17H17N3O2/c1-11-9-14(7-8-18-11)19-17(22)13-3-5-15-12(10-13)4-6-16(21)20(15)2/h3,5,7-10H,4,6H2,1-2H3,(H,18,19,22). The van der Waals surface area contributed by atoms with Gasteiger partial charge in [0, 0.05) is 42.3 Å². The van der Waals surface area contributed by atoms with Gasteiger partial charge in [0.2, 0.25) is 5.91 Å². The van der Waals surface area contributed by atoms with Crippen LogP contribution in [0.15, 0.2) is 36.5 Å². The minimum absolute atomic E-state index is 0.108. The molecule has 1 aromatic heterocycles. The van der Waals surface area contributed by atoms with Crippen LogP contribution in [0.5, 0.6) is 0 Å². The molecule has 0 saturated carbocycles. The molecule has 22 heavy (non-hydrogen) atoms. The molecule has 1 aliphatic rings. The molecule has 0 unspecified atom stereocenters. The van der Waals surface area contributed by atoms with Crippen molar-refractivity contribution in [1.29, 1.82) is 0 Å². The van der Waals surface area contributed by atoms with Crippen molar-refractivity contribution in [1.82, 2.24) is 4.98 Å². The van der Waals surface area contributed by atoms with Crippen molar-refractivity contribution >= 4 is 23.2 Å². The van der Waals surface area contributed by atoms with Crippen LogP contribution in [0.4, 0.5) is 11.4 Å². The average molecular weight is 295 g/mol. The third-order valence-corrected chi connectivity index (χ3v) is 3.84. The molecule has 0 aliphatic carbocycles. The minimum atomic E-state index is -0.159. The molecule has 3 rings (SSSR count). The van der Waals surface area contributed by atoms with Gasteiger partial charge in [0.15, 0.2) is 0 Å². The molecular formula is C17H17N3O2. The van der Waals surface area contributed by atoms with Crippen molar-refractivity contribution in [2.24, 2.45) is 0 Å². The Morgan fingerprint density at radius 3 is 2.82 bits per heavy atom. The van der Waals surface area contributed by atoms with E-state index in [-0.39, 0.29) is 11.8 Å². The summed E-state index contributed by atoms with van der Waals surface area (Å²) in [5.74, 6) is -0.0510. The molecule has 0 fully saturated rings. The Labute approximate surface area is 129 Å². The smallest absolute Gasteiger partial charge is 0.255 e. The Hall–Kier alpha value is -2.69. The Kier molecular flexibility index (Phi) is 3.63. The molecule has 2 heterocycles. The van der Waals surface area contributed by atoms with Crippen LogP contribution in [0.25, 0.3) is 0 Å². The summed E-state index contributed by atoms with van der Waals surface area (Å²) in [5.41, 5.74) is 4.08. The molecule has 2 aromatic rings. The summed E-state index contributed by atoms with van der Waals surface area (Å²) < 4.78 is 0. The first kappa shape index (κ1) is 14.3. The normalized spacial score (nSPS) is 13.7. The van der Waals surface area contributed by atoms with E-state index in [2.05, 4.69) is 10.3 Å². The van der Waals surface area contributed by atoms with E-state index in [1.807, 2.05) is 25.1 Å². The minimum Gasteiger partial charge on any atom is -0.322 e. The van der Waals surface area contributed by atoms with Gasteiger partial charge in [-0.25, -0.2) is 0 Å². The number of pyridine rings is 1. The third-order valence-electron chi connectivity index (χ3n) is 3.84. The fourth-order valence-corrected chi connectivity index (χ4v) is 2.62. The van der Waals surface area contributed by atoms with Crippen LogP contribution >= 0.6 is 0 Å². The number of nitrogens with zero attached hydrogens (tertiary/aromatic N) is 2. The van der Waals surface area contributed by atoms with Crippen LogP contribution < -0.4 is 10.2 Å². The van der Waals surface area contributed by atoms with Gasteiger partial charge in [-0.1, -0.05) is 0 Å². The first-order valence-electron chi connectivity index (χ1n) is 7.18.